The number of ether oxygens (including phenoxy) is 1. The van der Waals surface area contributed by atoms with Crippen molar-refractivity contribution < 1.29 is 33.3 Å². The van der Waals surface area contributed by atoms with Crippen molar-refractivity contribution in [2.24, 2.45) is 0 Å². The minimum Gasteiger partial charge on any atom is -0.507 e. The summed E-state index contributed by atoms with van der Waals surface area (Å²) in [4.78, 5) is 29.1. The van der Waals surface area contributed by atoms with Crippen molar-refractivity contribution in [3.8, 4) is 0 Å². The van der Waals surface area contributed by atoms with Gasteiger partial charge in [-0.25, -0.2) is 8.78 Å². The number of fused-ring (bicyclic) bond motifs is 2. The molecule has 0 bridgehead atoms. The van der Waals surface area contributed by atoms with Crippen LogP contribution >= 0.6 is 0 Å². The van der Waals surface area contributed by atoms with Gasteiger partial charge in [-0.3, -0.25) is 9.59 Å². The zero-order valence-corrected chi connectivity index (χ0v) is 16.5. The number of nitrogens with one attached hydrogen (secondary N) is 1. The molecular weight excluding hydrogens is 412 g/mol. The van der Waals surface area contributed by atoms with Gasteiger partial charge in [0.05, 0.1) is 18.2 Å². The number of benzene rings is 1. The fourth-order valence-electron chi connectivity index (χ4n) is 4.85. The molecule has 164 valence electrons. The lowest BCUT2D eigenvalue weighted by Gasteiger charge is -2.49. The van der Waals surface area contributed by atoms with E-state index in [1.807, 2.05) is 0 Å². The van der Waals surface area contributed by atoms with E-state index in [0.29, 0.717) is 38.1 Å². The average molecular weight is 433 g/mol. The number of allylic oxidation sites excluding steroid dienone is 1. The van der Waals surface area contributed by atoms with Crippen LogP contribution in [0.5, 0.6) is 0 Å². The molecule has 0 aliphatic carbocycles. The van der Waals surface area contributed by atoms with Gasteiger partial charge in [-0.1, -0.05) is 6.07 Å². The summed E-state index contributed by atoms with van der Waals surface area (Å²) in [5, 5.41) is 23.9. The van der Waals surface area contributed by atoms with E-state index < -0.39 is 41.5 Å². The number of hydrogen-bond acceptors (Lipinski definition) is 6. The lowest BCUT2D eigenvalue weighted by atomic mass is 9.95. The molecular formula is C21H21F2N3O5. The number of carbonyl (C=O) groups is 2. The first kappa shape index (κ1) is 20.0. The Balaban J connectivity index is 1.45. The standard InChI is InChI=1S/C21H21F2N3O5/c22-11-3-2-10(12(23)8-11)9-24-19(29)15-13-4-5-14-21-25(6-1-7-31-21)20(30)16(26(13)14)18(28)17(15)27/h2-3,8,14,17,21,27-28H,1,4-7,9H2,(H,24,29). The highest BCUT2D eigenvalue weighted by Crippen LogP contribution is 2.46. The molecule has 2 amide bonds. The molecule has 0 saturated carbocycles. The van der Waals surface area contributed by atoms with Crippen molar-refractivity contribution in [2.45, 2.75) is 44.2 Å². The van der Waals surface area contributed by atoms with Crippen LogP contribution in [-0.2, 0) is 20.9 Å². The summed E-state index contributed by atoms with van der Waals surface area (Å²) in [5.74, 6) is -3.25. The molecule has 31 heavy (non-hydrogen) atoms. The number of nitrogens with zero attached hydrogens (tertiary/aromatic N) is 2. The molecule has 4 heterocycles. The zero-order chi connectivity index (χ0) is 21.9. The molecule has 10 heteroatoms. The molecule has 0 aromatic heterocycles. The maximum Gasteiger partial charge on any atom is 0.276 e. The van der Waals surface area contributed by atoms with Gasteiger partial charge in [0, 0.05) is 30.4 Å². The largest absolute Gasteiger partial charge is 0.507 e. The van der Waals surface area contributed by atoms with Crippen molar-refractivity contribution >= 4 is 11.8 Å². The van der Waals surface area contributed by atoms with Crippen LogP contribution in [0, 0.1) is 11.6 Å². The van der Waals surface area contributed by atoms with Crippen LogP contribution in [0.3, 0.4) is 0 Å². The lowest BCUT2D eigenvalue weighted by molar-refractivity contribution is -0.171. The van der Waals surface area contributed by atoms with E-state index in [4.69, 9.17) is 4.74 Å². The number of piperazine rings is 1. The van der Waals surface area contributed by atoms with Gasteiger partial charge in [0.2, 0.25) is 0 Å². The Hall–Kier alpha value is -2.98. The van der Waals surface area contributed by atoms with Gasteiger partial charge in [-0.15, -0.1) is 0 Å². The lowest BCUT2D eigenvalue weighted by Crippen LogP contribution is -2.63. The quantitative estimate of drug-likeness (QED) is 0.658. The second kappa shape index (κ2) is 7.31. The van der Waals surface area contributed by atoms with E-state index in [0.717, 1.165) is 12.1 Å². The SMILES string of the molecule is O=C(NCc1ccc(F)cc1F)C1=C2CCC3C4OCCCN4C(=O)C(=C(O)C1O)N23. The molecule has 8 nitrogen and oxygen atoms in total. The molecule has 3 atom stereocenters. The highest BCUT2D eigenvalue weighted by atomic mass is 19.1. The highest BCUT2D eigenvalue weighted by Gasteiger charge is 2.54. The van der Waals surface area contributed by atoms with Crippen molar-refractivity contribution in [3.05, 3.63) is 58.1 Å². The monoisotopic (exact) mass is 433 g/mol. The predicted octanol–water partition coefficient (Wildman–Crippen LogP) is 1.03. The molecule has 3 unspecified atom stereocenters. The second-order valence-corrected chi connectivity index (χ2v) is 8.00. The van der Waals surface area contributed by atoms with Crippen molar-refractivity contribution in [1.29, 1.82) is 0 Å². The third kappa shape index (κ3) is 3.01. The number of hydrogen-bond donors (Lipinski definition) is 3. The zero-order valence-electron chi connectivity index (χ0n) is 16.5. The summed E-state index contributed by atoms with van der Waals surface area (Å²) >= 11 is 0. The molecule has 3 fully saturated rings. The van der Waals surface area contributed by atoms with Crippen molar-refractivity contribution in [2.75, 3.05) is 13.2 Å². The van der Waals surface area contributed by atoms with Gasteiger partial charge >= 0.3 is 0 Å². The highest BCUT2D eigenvalue weighted by molar-refractivity contribution is 6.00. The van der Waals surface area contributed by atoms with Gasteiger partial charge < -0.3 is 30.1 Å². The Bertz CT molecular complexity index is 1040. The minimum atomic E-state index is -1.68. The molecule has 3 saturated heterocycles. The van der Waals surface area contributed by atoms with E-state index in [1.165, 1.54) is 6.07 Å². The summed E-state index contributed by atoms with van der Waals surface area (Å²) in [6.45, 7) is 0.784. The van der Waals surface area contributed by atoms with Crippen LogP contribution in [0.15, 0.2) is 40.9 Å². The van der Waals surface area contributed by atoms with Gasteiger partial charge in [0.15, 0.2) is 12.0 Å². The van der Waals surface area contributed by atoms with Crippen LogP contribution in [0.4, 0.5) is 8.78 Å². The Labute approximate surface area is 176 Å². The van der Waals surface area contributed by atoms with E-state index in [9.17, 15) is 28.6 Å². The Morgan fingerprint density at radius 1 is 1.32 bits per heavy atom. The van der Waals surface area contributed by atoms with Crippen LogP contribution in [0.25, 0.3) is 0 Å². The van der Waals surface area contributed by atoms with Gasteiger partial charge in [-0.05, 0) is 25.3 Å². The number of aliphatic hydroxyl groups is 2. The smallest absolute Gasteiger partial charge is 0.276 e. The summed E-state index contributed by atoms with van der Waals surface area (Å²) < 4.78 is 32.8. The van der Waals surface area contributed by atoms with Gasteiger partial charge in [-0.2, -0.15) is 0 Å². The minimum absolute atomic E-state index is 0.0205. The van der Waals surface area contributed by atoms with E-state index >= 15 is 0 Å². The third-order valence-electron chi connectivity index (χ3n) is 6.26. The van der Waals surface area contributed by atoms with Crippen LogP contribution in [0.2, 0.25) is 0 Å². The van der Waals surface area contributed by atoms with E-state index in [2.05, 4.69) is 5.32 Å². The maximum atomic E-state index is 13.9. The first-order valence-electron chi connectivity index (χ1n) is 10.2. The summed E-state index contributed by atoms with van der Waals surface area (Å²) in [6.07, 6.45) is -0.488. The number of carbonyl (C=O) groups excluding carboxylic acids is 2. The normalized spacial score (nSPS) is 27.5. The van der Waals surface area contributed by atoms with Crippen LogP contribution < -0.4 is 5.32 Å². The molecule has 1 aromatic carbocycles. The number of rotatable bonds is 3. The average Bonchev–Trinajstić information content (AvgIpc) is 3.18. The molecule has 4 aliphatic rings. The Morgan fingerprint density at radius 3 is 2.90 bits per heavy atom. The second-order valence-electron chi connectivity index (χ2n) is 8.00. The summed E-state index contributed by atoms with van der Waals surface area (Å²) in [5.41, 5.74) is 0.426. The van der Waals surface area contributed by atoms with Crippen molar-refractivity contribution in [3.63, 3.8) is 0 Å². The molecule has 1 aromatic rings. The third-order valence-corrected chi connectivity index (χ3v) is 6.26. The topological polar surface area (TPSA) is 102 Å². The summed E-state index contributed by atoms with van der Waals surface area (Å²) in [7, 11) is 0. The fourth-order valence-corrected chi connectivity index (χ4v) is 4.85. The van der Waals surface area contributed by atoms with Crippen molar-refractivity contribution in [1.82, 2.24) is 15.1 Å². The maximum absolute atomic E-state index is 13.9. The molecule has 5 rings (SSSR count). The Morgan fingerprint density at radius 2 is 2.13 bits per heavy atom. The predicted molar refractivity (Wildman–Crippen MR) is 102 cm³/mol. The van der Waals surface area contributed by atoms with Crippen LogP contribution in [0.1, 0.15) is 24.8 Å². The number of aliphatic hydroxyl groups excluding tert-OH is 2. The Kier molecular flexibility index (Phi) is 4.71. The van der Waals surface area contributed by atoms with E-state index in [1.54, 1.807) is 9.80 Å². The number of amides is 2. The molecule has 3 N–H and O–H groups in total. The summed E-state index contributed by atoms with van der Waals surface area (Å²) in [6, 6.07) is 2.75. The first-order chi connectivity index (χ1) is 14.9. The van der Waals surface area contributed by atoms with Gasteiger partial charge in [0.25, 0.3) is 11.8 Å². The van der Waals surface area contributed by atoms with Gasteiger partial charge in [0.1, 0.15) is 23.4 Å². The number of halogens is 2. The van der Waals surface area contributed by atoms with Crippen LogP contribution in [-0.4, -0.2) is 63.4 Å². The van der Waals surface area contributed by atoms with E-state index in [-0.39, 0.29) is 29.4 Å². The fraction of sp³-hybridized carbons (Fsp3) is 0.429. The molecule has 0 spiro atoms. The molecule has 4 aliphatic heterocycles. The molecule has 0 radical (unpaired) electrons. The first-order valence-corrected chi connectivity index (χ1v) is 10.2.